The summed E-state index contributed by atoms with van der Waals surface area (Å²) in [6, 6.07) is 1.68. The van der Waals surface area contributed by atoms with Gasteiger partial charge >= 0.3 is 6.09 Å². The van der Waals surface area contributed by atoms with E-state index >= 15 is 0 Å². The number of likely N-dealkylation sites (N-methyl/N-ethyl adjacent to an activating group) is 1. The van der Waals surface area contributed by atoms with Crippen LogP contribution in [0.1, 0.15) is 66.1 Å². The van der Waals surface area contributed by atoms with E-state index in [-0.39, 0.29) is 35.1 Å². The van der Waals surface area contributed by atoms with Crippen LogP contribution in [0.4, 0.5) is 4.79 Å². The zero-order valence-electron chi connectivity index (χ0n) is 27.7. The highest BCUT2D eigenvalue weighted by molar-refractivity contribution is 7.89. The van der Waals surface area contributed by atoms with Crippen molar-refractivity contribution in [1.82, 2.24) is 38.8 Å². The van der Waals surface area contributed by atoms with E-state index in [4.69, 9.17) is 14.5 Å². The van der Waals surface area contributed by atoms with E-state index in [0.29, 0.717) is 68.1 Å². The SMILES string of the molecule is CCc1c2nc(-c3cncc(OC(C)CCCS(=O)(=O)N4CCN(CC)CC4)c3)[nH]c(=O)c2nn1C1CN(C(=O)OC(C)(C)C)C1. The number of hydrogen-bond donors (Lipinski definition) is 1. The Balaban J connectivity index is 1.23. The number of sulfonamides is 1. The van der Waals surface area contributed by atoms with Gasteiger partial charge in [-0.1, -0.05) is 13.8 Å². The molecule has 0 saturated carbocycles. The van der Waals surface area contributed by atoms with Gasteiger partial charge in [0.2, 0.25) is 10.0 Å². The molecule has 2 saturated heterocycles. The second-order valence-electron chi connectivity index (χ2n) is 13.0. The molecule has 3 aromatic rings. The lowest BCUT2D eigenvalue weighted by atomic mass is 10.1. The van der Waals surface area contributed by atoms with Crippen LogP contribution in [0.5, 0.6) is 5.75 Å². The van der Waals surface area contributed by atoms with Crippen LogP contribution in [-0.4, -0.2) is 117 Å². The van der Waals surface area contributed by atoms with Gasteiger partial charge in [0, 0.05) is 51.0 Å². The molecule has 0 radical (unpaired) electrons. The fourth-order valence-electron chi connectivity index (χ4n) is 5.80. The molecule has 0 aromatic carbocycles. The maximum atomic E-state index is 13.2. The van der Waals surface area contributed by atoms with Crippen LogP contribution in [0, 0.1) is 0 Å². The number of piperazine rings is 1. The summed E-state index contributed by atoms with van der Waals surface area (Å²) in [5.74, 6) is 0.925. The van der Waals surface area contributed by atoms with E-state index in [9.17, 15) is 18.0 Å². The van der Waals surface area contributed by atoms with Crippen LogP contribution < -0.4 is 10.3 Å². The van der Waals surface area contributed by atoms with Crippen molar-refractivity contribution in [3.63, 3.8) is 0 Å². The maximum Gasteiger partial charge on any atom is 0.410 e. The summed E-state index contributed by atoms with van der Waals surface area (Å²) >= 11 is 0. The Kier molecular flexibility index (Phi) is 10.0. The zero-order valence-corrected chi connectivity index (χ0v) is 28.5. The van der Waals surface area contributed by atoms with Gasteiger partial charge in [-0.2, -0.15) is 9.40 Å². The standard InChI is InChI=1S/C31H46N8O6S/c1-7-25-26-27(35-39(25)23-19-37(20-23)30(41)45-31(4,5)6)29(40)34-28(33-26)22-16-24(18-32-17-22)44-21(3)10-9-15-46(42,43)38-13-11-36(8-2)12-14-38/h16-18,21,23H,7-15,19-20H2,1-6H3,(H,33,34,40). The minimum absolute atomic E-state index is 0.0827. The molecule has 15 heteroatoms. The average molecular weight is 659 g/mol. The lowest BCUT2D eigenvalue weighted by molar-refractivity contribution is -0.000645. The van der Waals surface area contributed by atoms with E-state index in [2.05, 4.69) is 26.9 Å². The Hall–Kier alpha value is -3.56. The number of nitrogens with one attached hydrogen (secondary N) is 1. The Morgan fingerprint density at radius 1 is 1.11 bits per heavy atom. The quantitative estimate of drug-likeness (QED) is 0.325. The largest absolute Gasteiger partial charge is 0.489 e. The molecule has 2 aliphatic rings. The summed E-state index contributed by atoms with van der Waals surface area (Å²) in [5.41, 5.74) is 1.20. The van der Waals surface area contributed by atoms with Crippen LogP contribution in [0.3, 0.4) is 0 Å². The summed E-state index contributed by atoms with van der Waals surface area (Å²) in [4.78, 5) is 41.4. The van der Waals surface area contributed by atoms with Gasteiger partial charge in [-0.15, -0.1) is 0 Å². The molecule has 2 aliphatic heterocycles. The van der Waals surface area contributed by atoms with Gasteiger partial charge in [-0.3, -0.25) is 14.5 Å². The minimum atomic E-state index is -3.30. The van der Waals surface area contributed by atoms with Crippen molar-refractivity contribution in [2.24, 2.45) is 0 Å². The molecule has 46 heavy (non-hydrogen) atoms. The van der Waals surface area contributed by atoms with Crippen LogP contribution in [0.15, 0.2) is 23.3 Å². The molecule has 1 N–H and O–H groups in total. The fraction of sp³-hybridized carbons (Fsp3) is 0.645. The maximum absolute atomic E-state index is 13.2. The van der Waals surface area contributed by atoms with E-state index in [0.717, 1.165) is 25.3 Å². The first kappa shape index (κ1) is 33.8. The topological polar surface area (TPSA) is 156 Å². The first-order valence-corrected chi connectivity index (χ1v) is 17.7. The number of likely N-dealkylation sites (tertiary alicyclic amines) is 1. The smallest absolute Gasteiger partial charge is 0.410 e. The number of aryl methyl sites for hydroxylation is 1. The van der Waals surface area contributed by atoms with E-state index in [1.807, 2.05) is 39.3 Å². The van der Waals surface area contributed by atoms with Gasteiger partial charge in [0.1, 0.15) is 22.7 Å². The number of hydrogen-bond acceptors (Lipinski definition) is 10. The highest BCUT2D eigenvalue weighted by atomic mass is 32.2. The van der Waals surface area contributed by atoms with Gasteiger partial charge in [0.15, 0.2) is 5.52 Å². The molecular weight excluding hydrogens is 612 g/mol. The van der Waals surface area contributed by atoms with Crippen molar-refractivity contribution in [1.29, 1.82) is 0 Å². The molecule has 0 aliphatic carbocycles. The van der Waals surface area contributed by atoms with E-state index < -0.39 is 15.6 Å². The molecule has 1 atom stereocenters. The second-order valence-corrected chi connectivity index (χ2v) is 15.1. The van der Waals surface area contributed by atoms with Gasteiger partial charge in [0.05, 0.1) is 29.8 Å². The summed E-state index contributed by atoms with van der Waals surface area (Å²) in [5, 5.41) is 4.59. The number of carbonyl (C=O) groups excluding carboxylic acids is 1. The predicted octanol–water partition coefficient (Wildman–Crippen LogP) is 3.05. The monoisotopic (exact) mass is 658 g/mol. The first-order valence-electron chi connectivity index (χ1n) is 16.1. The normalized spacial score (nSPS) is 17.7. The number of nitrogens with zero attached hydrogens (tertiary/aromatic N) is 7. The summed E-state index contributed by atoms with van der Waals surface area (Å²) in [6.45, 7) is 15.9. The van der Waals surface area contributed by atoms with E-state index in [1.54, 1.807) is 27.7 Å². The summed E-state index contributed by atoms with van der Waals surface area (Å²) in [7, 11) is -3.30. The van der Waals surface area contributed by atoms with Gasteiger partial charge in [0.25, 0.3) is 5.56 Å². The third kappa shape index (κ3) is 7.69. The number of ether oxygens (including phenoxy) is 2. The highest BCUT2D eigenvalue weighted by Gasteiger charge is 2.37. The molecular formula is C31H46N8O6S. The molecule has 3 aromatic heterocycles. The van der Waals surface area contributed by atoms with Crippen molar-refractivity contribution in [2.75, 3.05) is 51.6 Å². The van der Waals surface area contributed by atoms with Crippen molar-refractivity contribution < 1.29 is 22.7 Å². The fourth-order valence-corrected chi connectivity index (χ4v) is 7.31. The van der Waals surface area contributed by atoms with Crippen LogP contribution in [-0.2, 0) is 21.2 Å². The molecule has 1 amide bonds. The average Bonchev–Trinajstić information content (AvgIpc) is 3.34. The molecule has 5 rings (SSSR count). The zero-order chi connectivity index (χ0) is 33.2. The lowest BCUT2D eigenvalue weighted by Gasteiger charge is -2.40. The third-order valence-corrected chi connectivity index (χ3v) is 10.3. The second kappa shape index (κ2) is 13.7. The Bertz CT molecular complexity index is 1700. The Morgan fingerprint density at radius 2 is 1.83 bits per heavy atom. The van der Waals surface area contributed by atoms with Crippen molar-refractivity contribution in [3.8, 4) is 17.1 Å². The number of aromatic amines is 1. The Morgan fingerprint density at radius 3 is 2.48 bits per heavy atom. The van der Waals surface area contributed by atoms with Gasteiger partial charge in [-0.05, 0) is 59.6 Å². The summed E-state index contributed by atoms with van der Waals surface area (Å²) < 4.78 is 40.6. The van der Waals surface area contributed by atoms with E-state index in [1.165, 1.54) is 0 Å². The van der Waals surface area contributed by atoms with Crippen molar-refractivity contribution in [3.05, 3.63) is 34.5 Å². The van der Waals surface area contributed by atoms with Crippen molar-refractivity contribution in [2.45, 2.75) is 78.6 Å². The molecule has 14 nitrogen and oxygen atoms in total. The van der Waals surface area contributed by atoms with Crippen LogP contribution >= 0.6 is 0 Å². The minimum Gasteiger partial charge on any atom is -0.489 e. The molecule has 0 spiro atoms. The number of H-pyrrole nitrogens is 1. The van der Waals surface area contributed by atoms with Crippen LogP contribution in [0.25, 0.3) is 22.4 Å². The Labute approximate surface area is 270 Å². The number of fused-ring (bicyclic) bond motifs is 1. The molecule has 252 valence electrons. The third-order valence-electron chi connectivity index (χ3n) is 8.36. The summed E-state index contributed by atoms with van der Waals surface area (Å²) in [6.07, 6.45) is 4.22. The van der Waals surface area contributed by atoms with Crippen molar-refractivity contribution >= 4 is 27.1 Å². The molecule has 0 bridgehead atoms. The van der Waals surface area contributed by atoms with Gasteiger partial charge < -0.3 is 24.3 Å². The number of aromatic nitrogens is 5. The number of pyridine rings is 1. The number of rotatable bonds is 11. The van der Waals surface area contributed by atoms with Gasteiger partial charge in [-0.25, -0.2) is 18.2 Å². The number of carbonyl (C=O) groups is 1. The highest BCUT2D eigenvalue weighted by Crippen LogP contribution is 2.29. The first-order chi connectivity index (χ1) is 21.8. The lowest BCUT2D eigenvalue weighted by Crippen LogP contribution is -2.52. The predicted molar refractivity (Wildman–Crippen MR) is 174 cm³/mol. The number of amides is 1. The van der Waals surface area contributed by atoms with Crippen LogP contribution in [0.2, 0.25) is 0 Å². The molecule has 2 fully saturated rings. The molecule has 5 heterocycles. The molecule has 1 unspecified atom stereocenters.